The second-order valence-electron chi connectivity index (χ2n) is 6.51. The Morgan fingerprint density at radius 2 is 1.97 bits per heavy atom. The van der Waals surface area contributed by atoms with E-state index in [1.165, 1.54) is 36.0 Å². The third kappa shape index (κ3) is 4.15. The first-order valence-corrected chi connectivity index (χ1v) is 11.0. The predicted molar refractivity (Wildman–Crippen MR) is 117 cm³/mol. The summed E-state index contributed by atoms with van der Waals surface area (Å²) in [5.41, 5.74) is 2.33. The van der Waals surface area contributed by atoms with Crippen LogP contribution in [0.25, 0.3) is 16.4 Å². The van der Waals surface area contributed by atoms with Crippen molar-refractivity contribution in [1.29, 1.82) is 0 Å². The van der Waals surface area contributed by atoms with Gasteiger partial charge in [0.05, 0.1) is 23.4 Å². The van der Waals surface area contributed by atoms with Gasteiger partial charge in [0.25, 0.3) is 0 Å². The minimum atomic E-state index is -0.369. The van der Waals surface area contributed by atoms with E-state index in [-0.39, 0.29) is 17.4 Å². The Labute approximate surface area is 181 Å². The SMILES string of the molecule is COc1ccc(C)cc1-n1c(SCC(=O)c2ccc(F)cc2)nnc1-c1cccs1. The lowest BCUT2D eigenvalue weighted by Gasteiger charge is -2.14. The lowest BCUT2D eigenvalue weighted by molar-refractivity contribution is 0.102. The summed E-state index contributed by atoms with van der Waals surface area (Å²) in [4.78, 5) is 13.5. The summed E-state index contributed by atoms with van der Waals surface area (Å²) in [6, 6.07) is 15.4. The van der Waals surface area contributed by atoms with Crippen LogP contribution in [-0.4, -0.2) is 33.4 Å². The first-order valence-electron chi connectivity index (χ1n) is 9.12. The average molecular weight is 440 g/mol. The Morgan fingerprint density at radius 3 is 2.67 bits per heavy atom. The highest BCUT2D eigenvalue weighted by Crippen LogP contribution is 2.34. The first-order chi connectivity index (χ1) is 14.6. The molecule has 4 aromatic rings. The summed E-state index contributed by atoms with van der Waals surface area (Å²) in [6.45, 7) is 2.00. The molecular formula is C22H18FN3O2S2. The zero-order valence-corrected chi connectivity index (χ0v) is 18.0. The van der Waals surface area contributed by atoms with Gasteiger partial charge in [-0.1, -0.05) is 23.9 Å². The highest BCUT2D eigenvalue weighted by Gasteiger charge is 2.21. The molecule has 2 aromatic carbocycles. The molecule has 2 aromatic heterocycles. The van der Waals surface area contributed by atoms with E-state index in [9.17, 15) is 9.18 Å². The third-order valence-electron chi connectivity index (χ3n) is 4.45. The van der Waals surface area contributed by atoms with Crippen molar-refractivity contribution in [1.82, 2.24) is 14.8 Å². The molecule has 5 nitrogen and oxygen atoms in total. The Bertz CT molecular complexity index is 1170. The van der Waals surface area contributed by atoms with Crippen LogP contribution in [0.5, 0.6) is 5.75 Å². The number of thioether (sulfide) groups is 1. The largest absolute Gasteiger partial charge is 0.495 e. The number of hydrogen-bond donors (Lipinski definition) is 0. The maximum Gasteiger partial charge on any atom is 0.196 e. The molecule has 0 fully saturated rings. The Kier molecular flexibility index (Phi) is 5.96. The number of ketones is 1. The normalized spacial score (nSPS) is 10.9. The van der Waals surface area contributed by atoms with E-state index in [1.807, 2.05) is 47.2 Å². The second kappa shape index (κ2) is 8.81. The van der Waals surface area contributed by atoms with E-state index in [0.29, 0.717) is 22.3 Å². The molecule has 0 unspecified atom stereocenters. The summed E-state index contributed by atoms with van der Waals surface area (Å²) in [6.07, 6.45) is 0. The zero-order chi connectivity index (χ0) is 21.1. The molecule has 4 rings (SSSR count). The van der Waals surface area contributed by atoms with Gasteiger partial charge in [0.1, 0.15) is 11.6 Å². The minimum Gasteiger partial charge on any atom is -0.495 e. The highest BCUT2D eigenvalue weighted by atomic mass is 32.2. The molecule has 2 heterocycles. The van der Waals surface area contributed by atoms with Crippen LogP contribution in [0.3, 0.4) is 0 Å². The molecule has 0 saturated heterocycles. The van der Waals surface area contributed by atoms with Gasteiger partial charge in [0.15, 0.2) is 16.8 Å². The van der Waals surface area contributed by atoms with Gasteiger partial charge >= 0.3 is 0 Å². The van der Waals surface area contributed by atoms with Crippen molar-refractivity contribution in [2.75, 3.05) is 12.9 Å². The third-order valence-corrected chi connectivity index (χ3v) is 6.24. The van der Waals surface area contributed by atoms with E-state index < -0.39 is 0 Å². The number of methoxy groups -OCH3 is 1. The van der Waals surface area contributed by atoms with Crippen molar-refractivity contribution >= 4 is 28.9 Å². The van der Waals surface area contributed by atoms with Gasteiger partial charge < -0.3 is 4.74 Å². The molecule has 0 saturated carbocycles. The number of nitrogens with zero attached hydrogens (tertiary/aromatic N) is 3. The van der Waals surface area contributed by atoms with Gasteiger partial charge in [0.2, 0.25) is 0 Å². The van der Waals surface area contributed by atoms with Crippen LogP contribution in [0.4, 0.5) is 4.39 Å². The van der Waals surface area contributed by atoms with Crippen LogP contribution in [0, 0.1) is 12.7 Å². The molecule has 0 aliphatic heterocycles. The monoisotopic (exact) mass is 439 g/mol. The predicted octanol–water partition coefficient (Wildman–Crippen LogP) is 5.43. The number of halogens is 1. The maximum absolute atomic E-state index is 13.1. The van der Waals surface area contributed by atoms with Crippen LogP contribution in [0.15, 0.2) is 65.1 Å². The molecule has 0 N–H and O–H groups in total. The fraction of sp³-hybridized carbons (Fsp3) is 0.136. The van der Waals surface area contributed by atoms with Crippen molar-refractivity contribution in [3.8, 4) is 22.1 Å². The molecule has 152 valence electrons. The lowest BCUT2D eigenvalue weighted by Crippen LogP contribution is -2.06. The molecular weight excluding hydrogens is 421 g/mol. The van der Waals surface area contributed by atoms with Gasteiger partial charge in [-0.25, -0.2) is 4.39 Å². The molecule has 0 radical (unpaired) electrons. The van der Waals surface area contributed by atoms with E-state index in [0.717, 1.165) is 16.1 Å². The van der Waals surface area contributed by atoms with E-state index >= 15 is 0 Å². The van der Waals surface area contributed by atoms with E-state index in [2.05, 4.69) is 10.2 Å². The van der Waals surface area contributed by atoms with E-state index in [4.69, 9.17) is 4.74 Å². The maximum atomic E-state index is 13.1. The molecule has 0 bridgehead atoms. The smallest absolute Gasteiger partial charge is 0.196 e. The second-order valence-corrected chi connectivity index (χ2v) is 8.40. The Hall–Kier alpha value is -2.97. The van der Waals surface area contributed by atoms with Crippen LogP contribution in [-0.2, 0) is 0 Å². The summed E-state index contributed by atoms with van der Waals surface area (Å²) >= 11 is 2.85. The average Bonchev–Trinajstić information content (AvgIpc) is 3.42. The number of hydrogen-bond acceptors (Lipinski definition) is 6. The number of aromatic nitrogens is 3. The van der Waals surface area contributed by atoms with Crippen LogP contribution in [0.1, 0.15) is 15.9 Å². The first kappa shape index (κ1) is 20.3. The molecule has 0 aliphatic carbocycles. The fourth-order valence-electron chi connectivity index (χ4n) is 2.97. The number of Topliss-reactive ketones (excluding diaryl/α,β-unsaturated/α-hetero) is 1. The van der Waals surface area contributed by atoms with Crippen LogP contribution < -0.4 is 4.74 Å². The van der Waals surface area contributed by atoms with Gasteiger partial charge in [0, 0.05) is 5.56 Å². The molecule has 0 aliphatic rings. The fourth-order valence-corrected chi connectivity index (χ4v) is 4.51. The van der Waals surface area contributed by atoms with Gasteiger partial charge in [-0.3, -0.25) is 9.36 Å². The number of benzene rings is 2. The number of carbonyl (C=O) groups is 1. The van der Waals surface area contributed by atoms with Crippen molar-refractivity contribution in [2.24, 2.45) is 0 Å². The van der Waals surface area contributed by atoms with Crippen LogP contribution >= 0.6 is 23.1 Å². The Balaban J connectivity index is 1.71. The topological polar surface area (TPSA) is 57.0 Å². The number of thiophene rings is 1. The lowest BCUT2D eigenvalue weighted by atomic mass is 10.1. The number of aryl methyl sites for hydroxylation is 1. The van der Waals surface area contributed by atoms with Crippen molar-refractivity contribution < 1.29 is 13.9 Å². The molecule has 0 spiro atoms. The summed E-state index contributed by atoms with van der Waals surface area (Å²) in [7, 11) is 1.62. The van der Waals surface area contributed by atoms with E-state index in [1.54, 1.807) is 18.4 Å². The van der Waals surface area contributed by atoms with Gasteiger partial charge in [-0.15, -0.1) is 21.5 Å². The number of carbonyl (C=O) groups excluding carboxylic acids is 1. The molecule has 8 heteroatoms. The number of rotatable bonds is 7. The summed E-state index contributed by atoms with van der Waals surface area (Å²) in [5, 5.41) is 11.3. The van der Waals surface area contributed by atoms with Crippen molar-refractivity contribution in [3.05, 3.63) is 76.9 Å². The molecule has 30 heavy (non-hydrogen) atoms. The van der Waals surface area contributed by atoms with Crippen molar-refractivity contribution in [3.63, 3.8) is 0 Å². The van der Waals surface area contributed by atoms with Crippen molar-refractivity contribution in [2.45, 2.75) is 12.1 Å². The van der Waals surface area contributed by atoms with Gasteiger partial charge in [-0.05, 0) is 60.3 Å². The highest BCUT2D eigenvalue weighted by molar-refractivity contribution is 7.99. The quantitative estimate of drug-likeness (QED) is 0.284. The zero-order valence-electron chi connectivity index (χ0n) is 16.3. The van der Waals surface area contributed by atoms with Gasteiger partial charge in [-0.2, -0.15) is 0 Å². The molecule has 0 amide bonds. The Morgan fingerprint density at radius 1 is 1.17 bits per heavy atom. The summed E-state index contributed by atoms with van der Waals surface area (Å²) < 4.78 is 20.6. The van der Waals surface area contributed by atoms with Crippen LogP contribution in [0.2, 0.25) is 0 Å². The standard InChI is InChI=1S/C22H18FN3O2S2/c1-14-5-10-19(28-2)17(12-14)26-21(20-4-3-11-29-20)24-25-22(26)30-13-18(27)15-6-8-16(23)9-7-15/h3-12H,13H2,1-2H3. The minimum absolute atomic E-state index is 0.108. The number of ether oxygens (including phenoxy) is 1. The summed E-state index contributed by atoms with van der Waals surface area (Å²) in [5.74, 6) is 1.05. The molecule has 0 atom stereocenters.